The lowest BCUT2D eigenvalue weighted by molar-refractivity contribution is -0.116. The number of anilines is 1. The van der Waals surface area contributed by atoms with Crippen LogP contribution in [-0.4, -0.2) is 71.3 Å². The summed E-state index contributed by atoms with van der Waals surface area (Å²) in [5, 5.41) is 14.2. The summed E-state index contributed by atoms with van der Waals surface area (Å²) in [7, 11) is 0. The summed E-state index contributed by atoms with van der Waals surface area (Å²) in [6, 6.07) is 16.0. The Bertz CT molecular complexity index is 1060. The first kappa shape index (κ1) is 24.0. The lowest BCUT2D eigenvalue weighted by Gasteiger charge is -2.36. The summed E-state index contributed by atoms with van der Waals surface area (Å²) in [5.41, 5.74) is 2.19. The Hall–Kier alpha value is -3.10. The van der Waals surface area contributed by atoms with Crippen LogP contribution in [0.3, 0.4) is 0 Å². The molecule has 2 aromatic carbocycles. The molecule has 1 aliphatic carbocycles. The minimum Gasteiger partial charge on any atom is -0.511 e. The molecule has 1 heterocycles. The van der Waals surface area contributed by atoms with Gasteiger partial charge in [0.1, 0.15) is 11.6 Å². The van der Waals surface area contributed by atoms with Gasteiger partial charge in [-0.2, -0.15) is 0 Å². The Morgan fingerprint density at radius 3 is 2.47 bits per heavy atom. The number of nitrogens with one attached hydrogen (secondary N) is 1. The predicted molar refractivity (Wildman–Crippen MR) is 137 cm³/mol. The van der Waals surface area contributed by atoms with Crippen molar-refractivity contribution in [2.75, 3.05) is 44.6 Å². The van der Waals surface area contributed by atoms with Gasteiger partial charge in [0.05, 0.1) is 12.1 Å². The molecule has 2 aromatic rings. The summed E-state index contributed by atoms with van der Waals surface area (Å²) in [6.07, 6.45) is 2.39. The fourth-order valence-corrected chi connectivity index (χ4v) is 4.58. The number of benzene rings is 2. The van der Waals surface area contributed by atoms with E-state index in [0.717, 1.165) is 44.0 Å². The topological polar surface area (TPSA) is 68.2 Å². The zero-order valence-corrected chi connectivity index (χ0v) is 19.8. The number of thiocarbonyl (C=S) groups is 1. The Morgan fingerprint density at radius 2 is 1.79 bits per heavy atom. The maximum absolute atomic E-state index is 13.1. The van der Waals surface area contributed by atoms with Gasteiger partial charge in [0.2, 0.25) is 0 Å². The number of ketones is 1. The van der Waals surface area contributed by atoms with Gasteiger partial charge in [-0.3, -0.25) is 14.7 Å². The molecule has 178 valence electrons. The van der Waals surface area contributed by atoms with Crippen molar-refractivity contribution in [3.05, 3.63) is 77.3 Å². The second kappa shape index (κ2) is 11.4. The first-order valence-electron chi connectivity index (χ1n) is 11.5. The van der Waals surface area contributed by atoms with Crippen molar-refractivity contribution in [1.82, 2.24) is 9.80 Å². The van der Waals surface area contributed by atoms with E-state index >= 15 is 0 Å². The molecule has 2 N–H and O–H groups in total. The fraction of sp³-hybridized carbons (Fsp3) is 0.346. The first-order chi connectivity index (χ1) is 16.5. The van der Waals surface area contributed by atoms with Gasteiger partial charge < -0.3 is 15.3 Å². The fourth-order valence-electron chi connectivity index (χ4n) is 4.28. The lowest BCUT2D eigenvalue weighted by Crippen LogP contribution is -2.50. The van der Waals surface area contributed by atoms with Gasteiger partial charge in [0, 0.05) is 57.5 Å². The number of aliphatic hydroxyl groups excluding tert-OH is 1. The van der Waals surface area contributed by atoms with Crippen molar-refractivity contribution in [1.29, 1.82) is 0 Å². The minimum atomic E-state index is -0.275. The van der Waals surface area contributed by atoms with Crippen LogP contribution in [0.4, 0.5) is 10.1 Å². The Morgan fingerprint density at radius 1 is 1.09 bits per heavy atom. The molecule has 6 nitrogen and oxygen atoms in total. The molecule has 2 aliphatic rings. The van der Waals surface area contributed by atoms with E-state index in [1.807, 2.05) is 30.3 Å². The van der Waals surface area contributed by atoms with E-state index in [1.54, 1.807) is 12.1 Å². The van der Waals surface area contributed by atoms with E-state index in [4.69, 9.17) is 12.2 Å². The van der Waals surface area contributed by atoms with E-state index in [0.29, 0.717) is 30.1 Å². The van der Waals surface area contributed by atoms with Crippen molar-refractivity contribution in [2.24, 2.45) is 4.99 Å². The third-order valence-corrected chi connectivity index (χ3v) is 6.63. The van der Waals surface area contributed by atoms with Crippen LogP contribution in [-0.2, 0) is 4.79 Å². The molecule has 1 atom stereocenters. The van der Waals surface area contributed by atoms with Gasteiger partial charge in [0.15, 0.2) is 10.9 Å². The van der Waals surface area contributed by atoms with Crippen LogP contribution in [0.5, 0.6) is 0 Å². The van der Waals surface area contributed by atoms with E-state index < -0.39 is 0 Å². The number of Topliss-reactive ketones (excluding diaryl/α,β-unsaturated/α-hetero) is 1. The number of allylic oxidation sites excluding steroid dienone is 2. The van der Waals surface area contributed by atoms with Gasteiger partial charge in [-0.25, -0.2) is 4.39 Å². The van der Waals surface area contributed by atoms with Crippen molar-refractivity contribution in [2.45, 2.75) is 18.8 Å². The van der Waals surface area contributed by atoms with E-state index in [2.05, 4.69) is 20.1 Å². The molecule has 1 unspecified atom stereocenters. The average molecular weight is 481 g/mol. The number of carbonyl (C=O) groups excluding carboxylic acids is 1. The van der Waals surface area contributed by atoms with Crippen molar-refractivity contribution >= 4 is 35.0 Å². The number of nitrogens with zero attached hydrogens (tertiary/aromatic N) is 3. The zero-order valence-electron chi connectivity index (χ0n) is 19.0. The van der Waals surface area contributed by atoms with Crippen LogP contribution in [0.1, 0.15) is 24.3 Å². The number of aliphatic imine (C=N–C) groups is 1. The summed E-state index contributed by atoms with van der Waals surface area (Å²) < 4.78 is 13.1. The van der Waals surface area contributed by atoms with Crippen LogP contribution < -0.4 is 5.32 Å². The molecular formula is C26H29FN4O2S. The average Bonchev–Trinajstić information content (AvgIpc) is 2.85. The van der Waals surface area contributed by atoms with Crippen molar-refractivity contribution in [3.8, 4) is 0 Å². The molecule has 34 heavy (non-hydrogen) atoms. The Kier molecular flexibility index (Phi) is 8.03. The highest BCUT2D eigenvalue weighted by Gasteiger charge is 2.27. The number of piperazine rings is 1. The number of halogens is 1. The van der Waals surface area contributed by atoms with E-state index in [9.17, 15) is 14.3 Å². The van der Waals surface area contributed by atoms with Crippen LogP contribution >= 0.6 is 12.2 Å². The standard InChI is InChI=1S/C26H29FN4O2S/c27-21-6-8-22(9-7-21)29-26(34)31-14-12-30(13-15-31)11-10-28-18-23-24(32)16-20(17-25(23)33)19-4-2-1-3-5-19/h1-9,18,20,32H,10-17H2,(H,29,34). The highest BCUT2D eigenvalue weighted by Crippen LogP contribution is 2.32. The van der Waals surface area contributed by atoms with Gasteiger partial charge in [-0.15, -0.1) is 0 Å². The molecule has 1 aliphatic heterocycles. The zero-order chi connectivity index (χ0) is 23.9. The Labute approximate surface area is 204 Å². The molecule has 0 saturated carbocycles. The predicted octanol–water partition coefficient (Wildman–Crippen LogP) is 4.17. The van der Waals surface area contributed by atoms with Crippen LogP contribution in [0.25, 0.3) is 0 Å². The number of carbonyl (C=O) groups is 1. The molecule has 1 fully saturated rings. The highest BCUT2D eigenvalue weighted by molar-refractivity contribution is 7.80. The molecule has 1 saturated heterocycles. The molecule has 8 heteroatoms. The molecule has 0 bridgehead atoms. The monoisotopic (exact) mass is 480 g/mol. The van der Waals surface area contributed by atoms with E-state index in [1.165, 1.54) is 18.3 Å². The number of rotatable bonds is 6. The molecule has 0 spiro atoms. The third kappa shape index (κ3) is 6.27. The smallest absolute Gasteiger partial charge is 0.173 e. The quantitative estimate of drug-likeness (QED) is 0.478. The number of hydrogen-bond donors (Lipinski definition) is 2. The van der Waals surface area contributed by atoms with Crippen LogP contribution in [0, 0.1) is 5.82 Å². The lowest BCUT2D eigenvalue weighted by atomic mass is 9.83. The van der Waals surface area contributed by atoms with E-state index in [-0.39, 0.29) is 23.3 Å². The molecule has 0 amide bonds. The SMILES string of the molecule is O=C1CC(c2ccccc2)CC(O)=C1C=NCCN1CCN(C(=S)Nc2ccc(F)cc2)CC1. The van der Waals surface area contributed by atoms with Crippen molar-refractivity contribution in [3.63, 3.8) is 0 Å². The van der Waals surface area contributed by atoms with Gasteiger partial charge in [0.25, 0.3) is 0 Å². The van der Waals surface area contributed by atoms with Crippen LogP contribution in [0.15, 0.2) is 70.9 Å². The van der Waals surface area contributed by atoms with Gasteiger partial charge in [-0.05, 0) is 48.0 Å². The maximum Gasteiger partial charge on any atom is 0.173 e. The molecule has 0 aromatic heterocycles. The largest absolute Gasteiger partial charge is 0.511 e. The maximum atomic E-state index is 13.1. The Balaban J connectivity index is 1.21. The summed E-state index contributed by atoms with van der Waals surface area (Å²) in [6.45, 7) is 4.63. The summed E-state index contributed by atoms with van der Waals surface area (Å²) in [5.74, 6) is -0.184. The molecule has 4 rings (SSSR count). The number of aliphatic hydroxyl groups is 1. The molecular weight excluding hydrogens is 451 g/mol. The number of hydrogen-bond acceptors (Lipinski definition) is 5. The second-order valence-corrected chi connectivity index (χ2v) is 8.99. The summed E-state index contributed by atoms with van der Waals surface area (Å²) in [4.78, 5) is 21.4. The minimum absolute atomic E-state index is 0.0192. The second-order valence-electron chi connectivity index (χ2n) is 8.60. The first-order valence-corrected chi connectivity index (χ1v) is 11.9. The molecule has 0 radical (unpaired) electrons. The normalized spacial score (nSPS) is 19.6. The van der Waals surface area contributed by atoms with Crippen molar-refractivity contribution < 1.29 is 14.3 Å². The van der Waals surface area contributed by atoms with Crippen LogP contribution in [0.2, 0.25) is 0 Å². The highest BCUT2D eigenvalue weighted by atomic mass is 32.1. The third-order valence-electron chi connectivity index (χ3n) is 6.27. The van der Waals surface area contributed by atoms with Gasteiger partial charge >= 0.3 is 0 Å². The van der Waals surface area contributed by atoms with Gasteiger partial charge in [-0.1, -0.05) is 30.3 Å². The summed E-state index contributed by atoms with van der Waals surface area (Å²) >= 11 is 5.49.